The monoisotopic (exact) mass is 384 g/mol. The number of methoxy groups -OCH3 is 1. The van der Waals surface area contributed by atoms with Crippen molar-refractivity contribution in [2.45, 2.75) is 36.7 Å². The lowest BCUT2D eigenvalue weighted by molar-refractivity contribution is -0.148. The van der Waals surface area contributed by atoms with Gasteiger partial charge in [0.25, 0.3) is 0 Å². The summed E-state index contributed by atoms with van der Waals surface area (Å²) in [6.07, 6.45) is 1.72. The zero-order valence-electron chi connectivity index (χ0n) is 14.7. The highest BCUT2D eigenvalue weighted by Crippen LogP contribution is 2.20. The zero-order valence-corrected chi connectivity index (χ0v) is 15.5. The first-order chi connectivity index (χ1) is 12.3. The van der Waals surface area contributed by atoms with Crippen molar-refractivity contribution in [1.29, 1.82) is 0 Å². The summed E-state index contributed by atoms with van der Waals surface area (Å²) in [7, 11) is -2.23. The summed E-state index contributed by atoms with van der Waals surface area (Å²) in [5, 5.41) is 11.3. The lowest BCUT2D eigenvalue weighted by Crippen LogP contribution is -2.38. The molecule has 0 aliphatic carbocycles. The molecule has 26 heavy (non-hydrogen) atoms. The number of piperidine rings is 1. The van der Waals surface area contributed by atoms with E-state index >= 15 is 0 Å². The van der Waals surface area contributed by atoms with Gasteiger partial charge >= 0.3 is 5.97 Å². The van der Waals surface area contributed by atoms with Gasteiger partial charge in [-0.05, 0) is 30.5 Å². The molecule has 0 radical (unpaired) electrons. The Hall–Kier alpha value is -1.97. The number of carbonyl (C=O) groups is 2. The molecule has 1 heterocycles. The molecular formula is C17H24N2O6S. The van der Waals surface area contributed by atoms with Crippen molar-refractivity contribution < 1.29 is 27.9 Å². The van der Waals surface area contributed by atoms with Crippen molar-refractivity contribution in [3.05, 3.63) is 29.8 Å². The minimum Gasteiger partial charge on any atom is -0.479 e. The van der Waals surface area contributed by atoms with Crippen LogP contribution in [0.5, 0.6) is 0 Å². The Kier molecular flexibility index (Phi) is 7.13. The highest BCUT2D eigenvalue weighted by atomic mass is 32.2. The Morgan fingerprint density at radius 2 is 1.81 bits per heavy atom. The normalized spacial score (nSPS) is 16.8. The van der Waals surface area contributed by atoms with E-state index in [-0.39, 0.29) is 23.8 Å². The minimum atomic E-state index is -3.49. The number of aliphatic carboxylic acids is 1. The molecule has 2 N–H and O–H groups in total. The molecule has 9 heteroatoms. The number of carboxylic acids is 1. The molecule has 1 aliphatic heterocycles. The third-order valence-electron chi connectivity index (χ3n) is 4.29. The van der Waals surface area contributed by atoms with Gasteiger partial charge in [-0.15, -0.1) is 0 Å². The summed E-state index contributed by atoms with van der Waals surface area (Å²) in [5.74, 6) is -1.51. The largest absolute Gasteiger partial charge is 0.479 e. The number of hydrogen-bond acceptors (Lipinski definition) is 5. The van der Waals surface area contributed by atoms with Crippen molar-refractivity contribution in [2.75, 3.05) is 26.7 Å². The van der Waals surface area contributed by atoms with Gasteiger partial charge in [-0.1, -0.05) is 18.6 Å². The Labute approximate surface area is 153 Å². The highest BCUT2D eigenvalue weighted by Gasteiger charge is 2.25. The maximum absolute atomic E-state index is 12.6. The van der Waals surface area contributed by atoms with Gasteiger partial charge < -0.3 is 15.2 Å². The smallest absolute Gasteiger partial charge is 0.334 e. The topological polar surface area (TPSA) is 113 Å². The Morgan fingerprint density at radius 1 is 1.19 bits per heavy atom. The average molecular weight is 384 g/mol. The van der Waals surface area contributed by atoms with Crippen molar-refractivity contribution in [3.8, 4) is 0 Å². The van der Waals surface area contributed by atoms with E-state index < -0.39 is 22.1 Å². The number of carboxylic acid groups (broad SMARTS) is 1. The van der Waals surface area contributed by atoms with Crippen LogP contribution >= 0.6 is 0 Å². The van der Waals surface area contributed by atoms with Gasteiger partial charge in [-0.3, -0.25) is 4.79 Å². The lowest BCUT2D eigenvalue weighted by Gasteiger charge is -2.25. The van der Waals surface area contributed by atoms with Gasteiger partial charge in [0, 0.05) is 20.2 Å². The predicted molar refractivity (Wildman–Crippen MR) is 94.2 cm³/mol. The number of amides is 1. The van der Waals surface area contributed by atoms with Crippen LogP contribution in [-0.2, 0) is 30.8 Å². The van der Waals surface area contributed by atoms with Gasteiger partial charge in [0.15, 0.2) is 6.10 Å². The predicted octanol–water partition coefficient (Wildman–Crippen LogP) is 0.620. The van der Waals surface area contributed by atoms with Crippen LogP contribution in [-0.4, -0.2) is 62.6 Å². The van der Waals surface area contributed by atoms with E-state index in [4.69, 9.17) is 9.84 Å². The van der Waals surface area contributed by atoms with E-state index in [2.05, 4.69) is 5.32 Å². The van der Waals surface area contributed by atoms with Gasteiger partial charge in [0.2, 0.25) is 15.9 Å². The lowest BCUT2D eigenvalue weighted by atomic mass is 10.1. The van der Waals surface area contributed by atoms with Crippen molar-refractivity contribution in [2.24, 2.45) is 0 Å². The maximum Gasteiger partial charge on any atom is 0.334 e. The van der Waals surface area contributed by atoms with Crippen LogP contribution in [0.3, 0.4) is 0 Å². The number of sulfonamides is 1. The highest BCUT2D eigenvalue weighted by molar-refractivity contribution is 7.89. The molecule has 0 bridgehead atoms. The summed E-state index contributed by atoms with van der Waals surface area (Å²) in [5.41, 5.74) is 0.643. The van der Waals surface area contributed by atoms with Crippen molar-refractivity contribution in [3.63, 3.8) is 0 Å². The summed E-state index contributed by atoms with van der Waals surface area (Å²) in [6, 6.07) is 6.20. The van der Waals surface area contributed by atoms with Gasteiger partial charge in [0.1, 0.15) is 0 Å². The SMILES string of the molecule is COC(CNC(=O)Cc1ccc(S(=O)(=O)N2CCCCC2)cc1)C(=O)O. The van der Waals surface area contributed by atoms with Crippen LogP contribution in [0.4, 0.5) is 0 Å². The Balaban J connectivity index is 1.94. The van der Waals surface area contributed by atoms with E-state index in [9.17, 15) is 18.0 Å². The van der Waals surface area contributed by atoms with E-state index in [1.165, 1.54) is 23.5 Å². The molecule has 8 nitrogen and oxygen atoms in total. The Morgan fingerprint density at radius 3 is 2.35 bits per heavy atom. The molecule has 1 aromatic rings. The third kappa shape index (κ3) is 5.26. The molecule has 1 unspecified atom stereocenters. The standard InChI is InChI=1S/C17H24N2O6S/c1-25-15(17(21)22)12-18-16(20)11-13-5-7-14(8-6-13)26(23,24)19-9-3-2-4-10-19/h5-8,15H,2-4,9-12H2,1H3,(H,18,20)(H,21,22). The molecule has 1 aliphatic rings. The molecule has 2 rings (SSSR count). The molecule has 0 aromatic heterocycles. The van der Waals surface area contributed by atoms with Gasteiger partial charge in [0.05, 0.1) is 17.9 Å². The molecule has 1 fully saturated rings. The van der Waals surface area contributed by atoms with Crippen LogP contribution in [0.25, 0.3) is 0 Å². The van der Waals surface area contributed by atoms with E-state index in [0.717, 1.165) is 19.3 Å². The molecule has 1 aromatic carbocycles. The van der Waals surface area contributed by atoms with Crippen LogP contribution in [0.1, 0.15) is 24.8 Å². The van der Waals surface area contributed by atoms with E-state index in [1.807, 2.05) is 0 Å². The van der Waals surface area contributed by atoms with E-state index in [0.29, 0.717) is 18.7 Å². The number of nitrogens with one attached hydrogen (secondary N) is 1. The first-order valence-electron chi connectivity index (χ1n) is 8.46. The van der Waals surface area contributed by atoms with E-state index in [1.54, 1.807) is 12.1 Å². The molecule has 144 valence electrons. The second-order valence-corrected chi connectivity index (χ2v) is 8.09. The summed E-state index contributed by atoms with van der Waals surface area (Å²) >= 11 is 0. The summed E-state index contributed by atoms with van der Waals surface area (Å²) < 4.78 is 31.4. The van der Waals surface area contributed by atoms with Gasteiger partial charge in [-0.25, -0.2) is 13.2 Å². The quantitative estimate of drug-likeness (QED) is 0.679. The second-order valence-electron chi connectivity index (χ2n) is 6.15. The Bertz CT molecular complexity index is 726. The van der Waals surface area contributed by atoms with Gasteiger partial charge in [-0.2, -0.15) is 4.31 Å². The number of hydrogen-bond donors (Lipinski definition) is 2. The fourth-order valence-corrected chi connectivity index (χ4v) is 4.28. The van der Waals surface area contributed by atoms with Crippen LogP contribution in [0, 0.1) is 0 Å². The zero-order chi connectivity index (χ0) is 19.2. The van der Waals surface area contributed by atoms with Crippen LogP contribution < -0.4 is 5.32 Å². The fraction of sp³-hybridized carbons (Fsp3) is 0.529. The van der Waals surface area contributed by atoms with Crippen molar-refractivity contribution in [1.82, 2.24) is 9.62 Å². The molecule has 1 saturated heterocycles. The molecular weight excluding hydrogens is 360 g/mol. The third-order valence-corrected chi connectivity index (χ3v) is 6.20. The fourth-order valence-electron chi connectivity index (χ4n) is 2.76. The molecule has 0 saturated carbocycles. The molecule has 1 atom stereocenters. The molecule has 0 spiro atoms. The summed E-state index contributed by atoms with van der Waals surface area (Å²) in [6.45, 7) is 0.944. The summed E-state index contributed by atoms with van der Waals surface area (Å²) in [4.78, 5) is 22.9. The molecule has 1 amide bonds. The average Bonchev–Trinajstić information content (AvgIpc) is 2.63. The number of carbonyl (C=O) groups excluding carboxylic acids is 1. The van der Waals surface area contributed by atoms with Crippen LogP contribution in [0.15, 0.2) is 29.2 Å². The van der Waals surface area contributed by atoms with Crippen molar-refractivity contribution >= 4 is 21.9 Å². The number of ether oxygens (including phenoxy) is 1. The second kappa shape index (κ2) is 9.11. The number of nitrogens with zero attached hydrogens (tertiary/aromatic N) is 1. The first-order valence-corrected chi connectivity index (χ1v) is 9.90. The minimum absolute atomic E-state index is 0.0279. The van der Waals surface area contributed by atoms with Crippen LogP contribution in [0.2, 0.25) is 0 Å². The number of rotatable bonds is 8. The maximum atomic E-state index is 12.6. The number of benzene rings is 1. The first kappa shape index (κ1) is 20.3.